The molecule has 2 aromatic carbocycles. The summed E-state index contributed by atoms with van der Waals surface area (Å²) in [5, 5.41) is 8.75. The molecular weight excluding hydrogens is 451 g/mol. The molecule has 9 heteroatoms. The Morgan fingerprint density at radius 2 is 1.62 bits per heavy atom. The largest absolute Gasteiger partial charge is 0.481 e. The Hall–Kier alpha value is -3.17. The maximum absolute atomic E-state index is 14.7. The number of sulfone groups is 1. The number of carboxylic acid groups (broad SMARTS) is 1. The Kier molecular flexibility index (Phi) is 6.03. The molecule has 0 spiro atoms. The number of fused-ring (bicyclic) bond motifs is 1. The Labute approximate surface area is 188 Å². The molecule has 4 aromatic rings. The summed E-state index contributed by atoms with van der Waals surface area (Å²) in [4.78, 5) is 18.4. The fraction of sp³-hybridized carbons (Fsp3) is 0.130. The molecular formula is C23H19FN2O4S2. The third kappa shape index (κ3) is 4.84. The lowest BCUT2D eigenvalue weighted by molar-refractivity contribution is -0.133. The SMILES string of the molecule is CS(=O)(=O)c1ccc(-c2ccc(-c3nc4cc(CSCC(=O)O)[nH]c4cc3F)cc2)cc1. The standard InChI is InChI=1S/C23H19FN2O4S2/c1-32(29,30)18-8-6-15(7-9-18)14-2-4-16(5-3-14)23-19(24)11-21-20(26-23)10-17(25-21)12-31-13-22(27)28/h2-11,25H,12-13H2,1H3,(H,27,28). The molecule has 6 nitrogen and oxygen atoms in total. The van der Waals surface area contributed by atoms with Gasteiger partial charge in [0, 0.05) is 29.3 Å². The van der Waals surface area contributed by atoms with Crippen LogP contribution in [0.1, 0.15) is 5.69 Å². The predicted octanol–water partition coefficient (Wildman–Crippen LogP) is 4.76. The molecule has 0 aliphatic rings. The van der Waals surface area contributed by atoms with Gasteiger partial charge in [0.1, 0.15) is 5.69 Å². The van der Waals surface area contributed by atoms with Gasteiger partial charge in [-0.3, -0.25) is 4.79 Å². The molecule has 32 heavy (non-hydrogen) atoms. The fourth-order valence-corrected chi connectivity index (χ4v) is 4.61. The van der Waals surface area contributed by atoms with Gasteiger partial charge in [-0.2, -0.15) is 0 Å². The lowest BCUT2D eigenvalue weighted by atomic mass is 10.0. The van der Waals surface area contributed by atoms with Crippen molar-refractivity contribution in [2.75, 3.05) is 12.0 Å². The van der Waals surface area contributed by atoms with Crippen molar-refractivity contribution in [3.05, 3.63) is 72.2 Å². The number of H-pyrrole nitrogens is 1. The van der Waals surface area contributed by atoms with Gasteiger partial charge in [-0.25, -0.2) is 17.8 Å². The van der Waals surface area contributed by atoms with Crippen LogP contribution in [0.3, 0.4) is 0 Å². The topological polar surface area (TPSA) is 100 Å². The number of carbonyl (C=O) groups is 1. The van der Waals surface area contributed by atoms with E-state index in [4.69, 9.17) is 5.11 Å². The first-order valence-electron chi connectivity index (χ1n) is 9.59. The molecule has 0 aliphatic heterocycles. The minimum atomic E-state index is -3.25. The Bertz CT molecular complexity index is 1400. The van der Waals surface area contributed by atoms with Gasteiger partial charge in [0.15, 0.2) is 15.7 Å². The number of aliphatic carboxylic acids is 1. The van der Waals surface area contributed by atoms with E-state index >= 15 is 0 Å². The zero-order chi connectivity index (χ0) is 22.9. The smallest absolute Gasteiger partial charge is 0.313 e. The number of nitrogens with one attached hydrogen (secondary N) is 1. The van der Waals surface area contributed by atoms with E-state index in [1.54, 1.807) is 42.5 Å². The molecule has 0 atom stereocenters. The van der Waals surface area contributed by atoms with Crippen LogP contribution in [0.25, 0.3) is 33.4 Å². The molecule has 0 amide bonds. The monoisotopic (exact) mass is 470 g/mol. The van der Waals surface area contributed by atoms with Crippen LogP contribution in [-0.4, -0.2) is 41.5 Å². The van der Waals surface area contributed by atoms with Crippen LogP contribution in [0, 0.1) is 5.82 Å². The highest BCUT2D eigenvalue weighted by Crippen LogP contribution is 2.29. The molecule has 0 saturated carbocycles. The van der Waals surface area contributed by atoms with E-state index in [1.807, 2.05) is 12.1 Å². The molecule has 2 aromatic heterocycles. The highest BCUT2D eigenvalue weighted by Gasteiger charge is 2.13. The third-order valence-electron chi connectivity index (χ3n) is 4.87. The van der Waals surface area contributed by atoms with Crippen LogP contribution >= 0.6 is 11.8 Å². The number of thioether (sulfide) groups is 1. The number of hydrogen-bond acceptors (Lipinski definition) is 5. The van der Waals surface area contributed by atoms with Crippen LogP contribution in [0.4, 0.5) is 4.39 Å². The number of hydrogen-bond donors (Lipinski definition) is 2. The number of aromatic nitrogens is 2. The summed E-state index contributed by atoms with van der Waals surface area (Å²) in [7, 11) is -3.25. The summed E-state index contributed by atoms with van der Waals surface area (Å²) in [6.45, 7) is 0. The van der Waals surface area contributed by atoms with E-state index < -0.39 is 21.6 Å². The van der Waals surface area contributed by atoms with E-state index in [0.29, 0.717) is 22.3 Å². The van der Waals surface area contributed by atoms with Crippen molar-refractivity contribution in [3.8, 4) is 22.4 Å². The highest BCUT2D eigenvalue weighted by atomic mass is 32.2. The van der Waals surface area contributed by atoms with E-state index in [2.05, 4.69) is 9.97 Å². The second kappa shape index (κ2) is 8.76. The summed E-state index contributed by atoms with van der Waals surface area (Å²) < 4.78 is 38.0. The van der Waals surface area contributed by atoms with Crippen molar-refractivity contribution in [1.29, 1.82) is 0 Å². The molecule has 0 saturated heterocycles. The molecule has 164 valence electrons. The number of pyridine rings is 1. The van der Waals surface area contributed by atoms with Crippen LogP contribution in [-0.2, 0) is 20.4 Å². The van der Waals surface area contributed by atoms with Crippen molar-refractivity contribution in [2.24, 2.45) is 0 Å². The van der Waals surface area contributed by atoms with Crippen molar-refractivity contribution < 1.29 is 22.7 Å². The van der Waals surface area contributed by atoms with Gasteiger partial charge >= 0.3 is 5.97 Å². The molecule has 0 radical (unpaired) electrons. The van der Waals surface area contributed by atoms with Gasteiger partial charge in [0.25, 0.3) is 0 Å². The van der Waals surface area contributed by atoms with E-state index in [0.717, 1.165) is 23.1 Å². The molecule has 0 unspecified atom stereocenters. The predicted molar refractivity (Wildman–Crippen MR) is 124 cm³/mol. The average molecular weight is 471 g/mol. The van der Waals surface area contributed by atoms with Crippen molar-refractivity contribution >= 4 is 38.6 Å². The first-order chi connectivity index (χ1) is 15.2. The normalized spacial score (nSPS) is 11.7. The number of rotatable bonds is 7. The second-order valence-corrected chi connectivity index (χ2v) is 10.3. The molecule has 0 aliphatic carbocycles. The van der Waals surface area contributed by atoms with Crippen LogP contribution in [0.2, 0.25) is 0 Å². The molecule has 4 rings (SSSR count). The molecule has 0 fully saturated rings. The molecule has 2 N–H and O–H groups in total. The molecule has 2 heterocycles. The van der Waals surface area contributed by atoms with E-state index in [9.17, 15) is 17.6 Å². The maximum Gasteiger partial charge on any atom is 0.313 e. The number of benzene rings is 2. The second-order valence-electron chi connectivity index (χ2n) is 7.31. The summed E-state index contributed by atoms with van der Waals surface area (Å²) in [6.07, 6.45) is 1.16. The first kappa shape index (κ1) is 22.0. The number of halogens is 1. The van der Waals surface area contributed by atoms with Gasteiger partial charge in [0.2, 0.25) is 0 Å². The summed E-state index contributed by atoms with van der Waals surface area (Å²) in [5.41, 5.74) is 4.50. The lowest BCUT2D eigenvalue weighted by Crippen LogP contribution is -1.98. The van der Waals surface area contributed by atoms with Crippen LogP contribution in [0.15, 0.2) is 65.6 Å². The van der Waals surface area contributed by atoms with Gasteiger partial charge in [-0.05, 0) is 29.3 Å². The van der Waals surface area contributed by atoms with Gasteiger partial charge in [0.05, 0.1) is 21.7 Å². The van der Waals surface area contributed by atoms with Gasteiger partial charge in [-0.15, -0.1) is 11.8 Å². The Balaban J connectivity index is 1.58. The minimum Gasteiger partial charge on any atom is -0.481 e. The summed E-state index contributed by atoms with van der Waals surface area (Å²) >= 11 is 1.25. The summed E-state index contributed by atoms with van der Waals surface area (Å²) in [5.74, 6) is -0.889. The third-order valence-corrected chi connectivity index (χ3v) is 6.96. The lowest BCUT2D eigenvalue weighted by Gasteiger charge is -2.07. The van der Waals surface area contributed by atoms with Crippen molar-refractivity contribution in [2.45, 2.75) is 10.6 Å². The maximum atomic E-state index is 14.7. The minimum absolute atomic E-state index is 0.00820. The Morgan fingerprint density at radius 3 is 2.22 bits per heavy atom. The number of nitrogens with zero attached hydrogens (tertiary/aromatic N) is 1. The van der Waals surface area contributed by atoms with Crippen molar-refractivity contribution in [1.82, 2.24) is 9.97 Å². The zero-order valence-corrected chi connectivity index (χ0v) is 18.6. The van der Waals surface area contributed by atoms with E-state index in [-0.39, 0.29) is 16.3 Å². The fourth-order valence-electron chi connectivity index (χ4n) is 3.33. The highest BCUT2D eigenvalue weighted by molar-refractivity contribution is 7.99. The van der Waals surface area contributed by atoms with Crippen LogP contribution in [0.5, 0.6) is 0 Å². The quantitative estimate of drug-likeness (QED) is 0.404. The van der Waals surface area contributed by atoms with Crippen LogP contribution < -0.4 is 0 Å². The Morgan fingerprint density at radius 1 is 1.03 bits per heavy atom. The summed E-state index contributed by atoms with van der Waals surface area (Å²) in [6, 6.07) is 17.0. The number of aromatic amines is 1. The molecule has 0 bridgehead atoms. The van der Waals surface area contributed by atoms with E-state index in [1.165, 1.54) is 17.8 Å². The van der Waals surface area contributed by atoms with Gasteiger partial charge < -0.3 is 10.1 Å². The first-order valence-corrected chi connectivity index (χ1v) is 12.6. The zero-order valence-electron chi connectivity index (χ0n) is 17.0. The van der Waals surface area contributed by atoms with Gasteiger partial charge in [-0.1, -0.05) is 36.4 Å². The van der Waals surface area contributed by atoms with Crippen molar-refractivity contribution in [3.63, 3.8) is 0 Å². The average Bonchev–Trinajstić information content (AvgIpc) is 3.14. The number of carboxylic acids is 1.